The van der Waals surface area contributed by atoms with Gasteiger partial charge in [0.25, 0.3) is 0 Å². The van der Waals surface area contributed by atoms with Crippen LogP contribution in [0.5, 0.6) is 11.5 Å². The van der Waals surface area contributed by atoms with Crippen molar-refractivity contribution in [1.82, 2.24) is 4.57 Å². The summed E-state index contributed by atoms with van der Waals surface area (Å²) in [5.41, 5.74) is 4.12. The maximum absolute atomic E-state index is 13.3. The highest BCUT2D eigenvalue weighted by molar-refractivity contribution is 6.10. The van der Waals surface area contributed by atoms with E-state index < -0.39 is 0 Å². The number of benzene rings is 2. The second-order valence-corrected chi connectivity index (χ2v) is 7.94. The number of aromatic nitrogens is 1. The number of fused-ring (bicyclic) bond motifs is 1. The first-order valence-electron chi connectivity index (χ1n) is 10.4. The number of piperazine rings is 1. The lowest BCUT2D eigenvalue weighted by atomic mass is 10.1. The predicted molar refractivity (Wildman–Crippen MR) is 119 cm³/mol. The van der Waals surface area contributed by atoms with Gasteiger partial charge in [0.05, 0.1) is 46.0 Å². The highest BCUT2D eigenvalue weighted by atomic mass is 16.5. The summed E-state index contributed by atoms with van der Waals surface area (Å²) < 4.78 is 12.7. The molecule has 4 rings (SSSR count). The summed E-state index contributed by atoms with van der Waals surface area (Å²) in [6.45, 7) is 6.33. The molecule has 1 aliphatic rings. The Balaban J connectivity index is 1.45. The number of hydrogen-bond donors (Lipinski definition) is 1. The summed E-state index contributed by atoms with van der Waals surface area (Å²) >= 11 is 0. The number of carbonyl (C=O) groups is 1. The lowest BCUT2D eigenvalue weighted by Gasteiger charge is -2.33. The molecular weight excluding hydrogens is 378 g/mol. The van der Waals surface area contributed by atoms with Gasteiger partial charge in [-0.25, -0.2) is 0 Å². The van der Waals surface area contributed by atoms with Crippen LogP contribution in [0.2, 0.25) is 0 Å². The van der Waals surface area contributed by atoms with Crippen LogP contribution < -0.4 is 19.3 Å². The fourth-order valence-electron chi connectivity index (χ4n) is 4.40. The van der Waals surface area contributed by atoms with Crippen LogP contribution in [0, 0.1) is 6.92 Å². The van der Waals surface area contributed by atoms with Crippen molar-refractivity contribution < 1.29 is 19.2 Å². The maximum atomic E-state index is 13.3. The number of methoxy groups -OCH3 is 2. The molecule has 6 heteroatoms. The van der Waals surface area contributed by atoms with Crippen LogP contribution >= 0.6 is 0 Å². The zero-order chi connectivity index (χ0) is 21.3. The van der Waals surface area contributed by atoms with Gasteiger partial charge in [0, 0.05) is 29.3 Å². The summed E-state index contributed by atoms with van der Waals surface area (Å²) in [6, 6.07) is 14.1. The minimum atomic E-state index is 0.208. The van der Waals surface area contributed by atoms with Crippen molar-refractivity contribution in [1.29, 1.82) is 0 Å². The summed E-state index contributed by atoms with van der Waals surface area (Å²) in [6.07, 6.45) is 0. The largest absolute Gasteiger partial charge is 0.497 e. The first-order valence-corrected chi connectivity index (χ1v) is 10.4. The van der Waals surface area contributed by atoms with Crippen molar-refractivity contribution in [3.05, 3.63) is 53.7 Å². The second-order valence-electron chi connectivity index (χ2n) is 7.94. The van der Waals surface area contributed by atoms with Crippen LogP contribution in [-0.4, -0.2) is 57.3 Å². The Morgan fingerprint density at radius 1 is 1.00 bits per heavy atom. The van der Waals surface area contributed by atoms with E-state index in [9.17, 15) is 4.79 Å². The number of ether oxygens (including phenoxy) is 2. The molecule has 3 aromatic rings. The van der Waals surface area contributed by atoms with Crippen LogP contribution in [-0.2, 0) is 7.05 Å². The van der Waals surface area contributed by atoms with Gasteiger partial charge in [-0.15, -0.1) is 0 Å². The minimum Gasteiger partial charge on any atom is -0.497 e. The molecule has 1 aromatic heterocycles. The van der Waals surface area contributed by atoms with Crippen molar-refractivity contribution in [2.45, 2.75) is 6.92 Å². The number of rotatable bonds is 6. The number of ketones is 1. The molecule has 0 spiro atoms. The van der Waals surface area contributed by atoms with Gasteiger partial charge in [0.15, 0.2) is 0 Å². The molecule has 0 radical (unpaired) electrons. The molecule has 1 aliphatic heterocycles. The zero-order valence-electron chi connectivity index (χ0n) is 18.2. The Morgan fingerprint density at radius 3 is 2.27 bits per heavy atom. The standard InChI is InChI=1S/C24H29N3O3/c1-17-24(21-15-20(30-4)9-10-22(21)25(17)2)23(28)16-26-11-13-27(14-12-26)18-5-7-19(29-3)8-6-18/h5-10,15H,11-14,16H2,1-4H3/p+1. The SMILES string of the molecule is COc1ccc(N2CC[NH+](CC(=O)c3c(C)n(C)c4ccc(OC)cc34)CC2)cc1. The molecule has 1 fully saturated rings. The molecule has 0 unspecified atom stereocenters. The molecule has 0 aliphatic carbocycles. The topological polar surface area (TPSA) is 48.1 Å². The summed E-state index contributed by atoms with van der Waals surface area (Å²) in [4.78, 5) is 17.0. The minimum absolute atomic E-state index is 0.208. The molecule has 0 saturated carbocycles. The number of quaternary nitrogens is 1. The van der Waals surface area contributed by atoms with Crippen LogP contribution in [0.25, 0.3) is 10.9 Å². The third kappa shape index (κ3) is 3.75. The number of nitrogens with one attached hydrogen (secondary N) is 1. The Morgan fingerprint density at radius 2 is 1.63 bits per heavy atom. The molecular formula is C24H30N3O3+. The van der Waals surface area contributed by atoms with Crippen LogP contribution in [0.15, 0.2) is 42.5 Å². The first-order chi connectivity index (χ1) is 14.5. The molecule has 1 N–H and O–H groups in total. The van der Waals surface area contributed by atoms with E-state index in [0.29, 0.717) is 6.54 Å². The molecule has 2 heterocycles. The predicted octanol–water partition coefficient (Wildman–Crippen LogP) is 2.09. The van der Waals surface area contributed by atoms with Gasteiger partial charge in [-0.2, -0.15) is 0 Å². The monoisotopic (exact) mass is 408 g/mol. The number of anilines is 1. The Bertz CT molecular complexity index is 1050. The number of aryl methyl sites for hydroxylation is 1. The molecule has 2 aromatic carbocycles. The molecule has 158 valence electrons. The van der Waals surface area contributed by atoms with Gasteiger partial charge in [-0.05, 0) is 49.4 Å². The van der Waals surface area contributed by atoms with Crippen molar-refractivity contribution in [3.8, 4) is 11.5 Å². The Hall–Kier alpha value is -2.99. The third-order valence-corrected chi connectivity index (χ3v) is 6.30. The normalized spacial score (nSPS) is 14.9. The van der Waals surface area contributed by atoms with E-state index in [0.717, 1.165) is 59.8 Å². The van der Waals surface area contributed by atoms with Crippen LogP contribution in [0.4, 0.5) is 5.69 Å². The lowest BCUT2D eigenvalue weighted by Crippen LogP contribution is -3.15. The number of hydrogen-bond acceptors (Lipinski definition) is 4. The van der Waals surface area contributed by atoms with E-state index in [4.69, 9.17) is 9.47 Å². The summed E-state index contributed by atoms with van der Waals surface area (Å²) in [5, 5.41) is 0.982. The van der Waals surface area contributed by atoms with Gasteiger partial charge < -0.3 is 23.8 Å². The van der Waals surface area contributed by atoms with E-state index in [1.807, 2.05) is 44.3 Å². The fraction of sp³-hybridized carbons (Fsp3) is 0.375. The van der Waals surface area contributed by atoms with Crippen LogP contribution in [0.1, 0.15) is 16.1 Å². The number of nitrogens with zero attached hydrogens (tertiary/aromatic N) is 2. The maximum Gasteiger partial charge on any atom is 0.219 e. The molecule has 6 nitrogen and oxygen atoms in total. The van der Waals surface area contributed by atoms with Crippen molar-refractivity contribution in [3.63, 3.8) is 0 Å². The molecule has 1 saturated heterocycles. The average Bonchev–Trinajstić information content (AvgIpc) is 3.03. The zero-order valence-corrected chi connectivity index (χ0v) is 18.2. The van der Waals surface area contributed by atoms with Crippen LogP contribution in [0.3, 0.4) is 0 Å². The van der Waals surface area contributed by atoms with Crippen molar-refractivity contribution in [2.75, 3.05) is 51.8 Å². The first kappa shape index (κ1) is 20.3. The van der Waals surface area contributed by atoms with E-state index >= 15 is 0 Å². The van der Waals surface area contributed by atoms with Gasteiger partial charge in [0.2, 0.25) is 5.78 Å². The summed E-state index contributed by atoms with van der Waals surface area (Å²) in [5.74, 6) is 1.86. The Kier molecular flexibility index (Phi) is 5.68. The van der Waals surface area contributed by atoms with Crippen molar-refractivity contribution in [2.24, 2.45) is 7.05 Å². The molecule has 0 atom stereocenters. The molecule has 0 amide bonds. The van der Waals surface area contributed by atoms with E-state index in [1.165, 1.54) is 10.6 Å². The molecule has 30 heavy (non-hydrogen) atoms. The van der Waals surface area contributed by atoms with Gasteiger partial charge >= 0.3 is 0 Å². The van der Waals surface area contributed by atoms with Gasteiger partial charge in [-0.3, -0.25) is 4.79 Å². The van der Waals surface area contributed by atoms with Gasteiger partial charge in [0.1, 0.15) is 18.0 Å². The summed E-state index contributed by atoms with van der Waals surface area (Å²) in [7, 11) is 5.36. The quantitative estimate of drug-likeness (QED) is 0.635. The van der Waals surface area contributed by atoms with E-state index in [2.05, 4.69) is 21.6 Å². The van der Waals surface area contributed by atoms with E-state index in [-0.39, 0.29) is 5.78 Å². The Labute approximate surface area is 177 Å². The van der Waals surface area contributed by atoms with Crippen molar-refractivity contribution >= 4 is 22.4 Å². The average molecular weight is 409 g/mol. The number of carbonyl (C=O) groups excluding carboxylic acids is 1. The number of Topliss-reactive ketones (excluding diaryl/α,β-unsaturated/α-hetero) is 1. The third-order valence-electron chi connectivity index (χ3n) is 6.30. The highest BCUT2D eigenvalue weighted by Crippen LogP contribution is 2.28. The highest BCUT2D eigenvalue weighted by Gasteiger charge is 2.26. The smallest absolute Gasteiger partial charge is 0.219 e. The second kappa shape index (κ2) is 8.40. The van der Waals surface area contributed by atoms with E-state index in [1.54, 1.807) is 14.2 Å². The lowest BCUT2D eigenvalue weighted by molar-refractivity contribution is -0.892. The van der Waals surface area contributed by atoms with Gasteiger partial charge in [-0.1, -0.05) is 0 Å². The molecule has 0 bridgehead atoms. The fourth-order valence-corrected chi connectivity index (χ4v) is 4.40.